The van der Waals surface area contributed by atoms with Gasteiger partial charge in [0, 0.05) is 18.2 Å². The molecule has 1 unspecified atom stereocenters. The maximum absolute atomic E-state index is 6.07. The Balaban J connectivity index is 1.95. The van der Waals surface area contributed by atoms with Crippen LogP contribution in [0, 0.1) is 5.92 Å². The van der Waals surface area contributed by atoms with E-state index in [0.717, 1.165) is 29.5 Å². The van der Waals surface area contributed by atoms with Crippen molar-refractivity contribution < 1.29 is 9.47 Å². The number of nitrogens with one attached hydrogen (secondary N) is 1. The number of hydrogen-bond acceptors (Lipinski definition) is 4. The van der Waals surface area contributed by atoms with E-state index in [1.165, 1.54) is 12.8 Å². The Hall–Kier alpha value is -1.58. The lowest BCUT2D eigenvalue weighted by atomic mass is 10.0. The molecule has 2 rings (SSSR count). The van der Waals surface area contributed by atoms with Gasteiger partial charge in [-0.25, -0.2) is 0 Å². The molecule has 0 aromatic heterocycles. The molecule has 1 aliphatic rings. The molecule has 3 N–H and O–H groups in total. The van der Waals surface area contributed by atoms with Gasteiger partial charge >= 0.3 is 0 Å². The van der Waals surface area contributed by atoms with Gasteiger partial charge in [0.1, 0.15) is 13.2 Å². The van der Waals surface area contributed by atoms with Crippen molar-refractivity contribution in [2.75, 3.05) is 24.3 Å². The Morgan fingerprint density at radius 3 is 2.40 bits per heavy atom. The van der Waals surface area contributed by atoms with Gasteiger partial charge in [-0.05, 0) is 19.3 Å². The summed E-state index contributed by atoms with van der Waals surface area (Å²) in [7, 11) is 0. The van der Waals surface area contributed by atoms with Crippen molar-refractivity contribution in [2.45, 2.75) is 46.1 Å². The van der Waals surface area contributed by atoms with E-state index >= 15 is 0 Å². The van der Waals surface area contributed by atoms with E-state index in [0.29, 0.717) is 24.9 Å². The summed E-state index contributed by atoms with van der Waals surface area (Å²) in [6, 6.07) is 4.19. The van der Waals surface area contributed by atoms with E-state index < -0.39 is 0 Å². The minimum atomic E-state index is 0.401. The van der Waals surface area contributed by atoms with Crippen molar-refractivity contribution in [3.8, 4) is 11.5 Å². The highest BCUT2D eigenvalue weighted by Gasteiger charge is 2.15. The predicted molar refractivity (Wildman–Crippen MR) is 83.6 cm³/mol. The minimum absolute atomic E-state index is 0.401. The molecule has 0 amide bonds. The average Bonchev–Trinajstić information content (AvgIpc) is 2.39. The van der Waals surface area contributed by atoms with Crippen LogP contribution in [0.5, 0.6) is 11.5 Å². The summed E-state index contributed by atoms with van der Waals surface area (Å²) in [6.45, 7) is 7.90. The van der Waals surface area contributed by atoms with E-state index in [9.17, 15) is 0 Å². The number of ether oxygens (including phenoxy) is 2. The fourth-order valence-corrected chi connectivity index (χ4v) is 2.40. The van der Waals surface area contributed by atoms with Gasteiger partial charge in [-0.15, -0.1) is 0 Å². The summed E-state index contributed by atoms with van der Waals surface area (Å²) in [6.07, 6.45) is 3.64. The molecule has 0 bridgehead atoms. The third-order valence-corrected chi connectivity index (χ3v) is 3.53. The van der Waals surface area contributed by atoms with Crippen molar-refractivity contribution in [1.29, 1.82) is 0 Å². The molecule has 1 heterocycles. The Kier molecular flexibility index (Phi) is 4.99. The Bertz CT molecular complexity index is 446. The van der Waals surface area contributed by atoms with E-state index in [1.807, 2.05) is 12.1 Å². The van der Waals surface area contributed by atoms with Crippen LogP contribution < -0.4 is 20.5 Å². The van der Waals surface area contributed by atoms with Crippen LogP contribution >= 0.6 is 0 Å². The fraction of sp³-hybridized carbons (Fsp3) is 0.625. The average molecular weight is 278 g/mol. The van der Waals surface area contributed by atoms with Gasteiger partial charge in [0.15, 0.2) is 11.5 Å². The first-order valence-electron chi connectivity index (χ1n) is 7.52. The summed E-state index contributed by atoms with van der Waals surface area (Å²) < 4.78 is 11.1. The molecular formula is C16H26N2O2. The Morgan fingerprint density at radius 1 is 1.10 bits per heavy atom. The molecule has 0 fully saturated rings. The molecule has 0 saturated carbocycles. The minimum Gasteiger partial charge on any atom is -0.486 e. The van der Waals surface area contributed by atoms with Crippen molar-refractivity contribution in [2.24, 2.45) is 5.92 Å². The number of benzene rings is 1. The highest BCUT2D eigenvalue weighted by atomic mass is 16.6. The first kappa shape index (κ1) is 14.8. The van der Waals surface area contributed by atoms with Crippen molar-refractivity contribution >= 4 is 11.4 Å². The smallest absolute Gasteiger partial charge is 0.163 e. The topological polar surface area (TPSA) is 56.5 Å². The molecule has 0 saturated heterocycles. The van der Waals surface area contributed by atoms with Crippen LogP contribution in [-0.2, 0) is 0 Å². The third-order valence-electron chi connectivity index (χ3n) is 3.53. The Labute approximate surface area is 121 Å². The molecule has 1 aliphatic heterocycles. The molecule has 20 heavy (non-hydrogen) atoms. The first-order chi connectivity index (χ1) is 9.56. The van der Waals surface area contributed by atoms with E-state index in [1.54, 1.807) is 0 Å². The monoisotopic (exact) mass is 278 g/mol. The van der Waals surface area contributed by atoms with Crippen LogP contribution in [0.25, 0.3) is 0 Å². The molecule has 0 radical (unpaired) electrons. The second-order valence-corrected chi connectivity index (χ2v) is 5.95. The predicted octanol–water partition coefficient (Wildman–Crippen LogP) is 3.67. The zero-order valence-corrected chi connectivity index (χ0v) is 12.7. The number of fused-ring (bicyclic) bond motifs is 1. The third kappa shape index (κ3) is 3.95. The van der Waals surface area contributed by atoms with Gasteiger partial charge in [0.25, 0.3) is 0 Å². The number of anilines is 2. The fourth-order valence-electron chi connectivity index (χ4n) is 2.40. The van der Waals surface area contributed by atoms with Gasteiger partial charge in [0.05, 0.1) is 11.4 Å². The first-order valence-corrected chi connectivity index (χ1v) is 7.52. The van der Waals surface area contributed by atoms with Gasteiger partial charge in [-0.1, -0.05) is 26.7 Å². The highest BCUT2D eigenvalue weighted by molar-refractivity contribution is 5.72. The summed E-state index contributed by atoms with van der Waals surface area (Å²) in [4.78, 5) is 0. The number of nitrogen functional groups attached to an aromatic ring is 1. The zero-order valence-electron chi connectivity index (χ0n) is 12.7. The van der Waals surface area contributed by atoms with Crippen LogP contribution in [0.1, 0.15) is 40.0 Å². The molecule has 4 nitrogen and oxygen atoms in total. The van der Waals surface area contributed by atoms with Crippen LogP contribution in [-0.4, -0.2) is 19.3 Å². The van der Waals surface area contributed by atoms with Gasteiger partial charge in [-0.3, -0.25) is 0 Å². The largest absolute Gasteiger partial charge is 0.486 e. The SMILES string of the molecule is CC(C)CCCC(C)Nc1cc2c(cc1N)OCCO2. The highest BCUT2D eigenvalue weighted by Crippen LogP contribution is 2.37. The molecule has 0 aliphatic carbocycles. The molecule has 1 aromatic rings. The zero-order chi connectivity index (χ0) is 14.5. The van der Waals surface area contributed by atoms with Crippen LogP contribution in [0.3, 0.4) is 0 Å². The van der Waals surface area contributed by atoms with Crippen LogP contribution in [0.4, 0.5) is 11.4 Å². The second kappa shape index (κ2) is 6.73. The van der Waals surface area contributed by atoms with Crippen molar-refractivity contribution in [3.63, 3.8) is 0 Å². The molecule has 112 valence electrons. The van der Waals surface area contributed by atoms with Crippen LogP contribution in [0.15, 0.2) is 12.1 Å². The van der Waals surface area contributed by atoms with Gasteiger partial charge in [0.2, 0.25) is 0 Å². The lowest BCUT2D eigenvalue weighted by Gasteiger charge is -2.22. The maximum atomic E-state index is 6.07. The van der Waals surface area contributed by atoms with E-state index in [2.05, 4.69) is 26.1 Å². The van der Waals surface area contributed by atoms with Gasteiger partial charge in [-0.2, -0.15) is 0 Å². The van der Waals surface area contributed by atoms with Gasteiger partial charge < -0.3 is 20.5 Å². The molecular weight excluding hydrogens is 252 g/mol. The standard InChI is InChI=1S/C16H26N2O2/c1-11(2)5-4-6-12(3)18-14-10-16-15(9-13(14)17)19-7-8-20-16/h9-12,18H,4-8,17H2,1-3H3. The van der Waals surface area contributed by atoms with Crippen LogP contribution in [0.2, 0.25) is 0 Å². The summed E-state index contributed by atoms with van der Waals surface area (Å²) >= 11 is 0. The number of nitrogens with two attached hydrogens (primary N) is 1. The lowest BCUT2D eigenvalue weighted by molar-refractivity contribution is 0.172. The number of rotatable bonds is 6. The van der Waals surface area contributed by atoms with Crippen molar-refractivity contribution in [1.82, 2.24) is 0 Å². The summed E-state index contributed by atoms with van der Waals surface area (Å²) in [5.41, 5.74) is 7.72. The van der Waals surface area contributed by atoms with Crippen molar-refractivity contribution in [3.05, 3.63) is 12.1 Å². The summed E-state index contributed by atoms with van der Waals surface area (Å²) in [5, 5.41) is 3.47. The van der Waals surface area contributed by atoms with E-state index in [-0.39, 0.29) is 0 Å². The molecule has 1 atom stereocenters. The Morgan fingerprint density at radius 2 is 1.75 bits per heavy atom. The number of hydrogen-bond donors (Lipinski definition) is 2. The lowest BCUT2D eigenvalue weighted by Crippen LogP contribution is -2.18. The maximum Gasteiger partial charge on any atom is 0.163 e. The molecule has 0 spiro atoms. The molecule has 1 aromatic carbocycles. The second-order valence-electron chi connectivity index (χ2n) is 5.95. The normalized spacial score (nSPS) is 15.2. The summed E-state index contributed by atoms with van der Waals surface area (Å²) in [5.74, 6) is 2.29. The van der Waals surface area contributed by atoms with E-state index in [4.69, 9.17) is 15.2 Å². The quantitative estimate of drug-likeness (QED) is 0.780. The molecule has 4 heteroatoms.